The molecule has 2 rings (SSSR count). The molecule has 0 spiro atoms. The summed E-state index contributed by atoms with van der Waals surface area (Å²) in [5, 5.41) is 3.32. The van der Waals surface area contributed by atoms with Crippen molar-refractivity contribution < 1.29 is 19.1 Å². The van der Waals surface area contributed by atoms with Crippen LogP contribution < -0.4 is 5.32 Å². The van der Waals surface area contributed by atoms with E-state index < -0.39 is 17.9 Å². The minimum absolute atomic E-state index is 0.0665. The maximum Gasteiger partial charge on any atom is 0.336 e. The molecule has 0 unspecified atom stereocenters. The van der Waals surface area contributed by atoms with Crippen molar-refractivity contribution in [1.82, 2.24) is 15.3 Å². The van der Waals surface area contributed by atoms with Crippen LogP contribution in [0.5, 0.6) is 0 Å². The molecular formula is C22H31Cl2N3O4. The highest BCUT2D eigenvalue weighted by Crippen LogP contribution is 2.39. The van der Waals surface area contributed by atoms with Gasteiger partial charge in [0.05, 0.1) is 30.3 Å². The zero-order valence-corrected chi connectivity index (χ0v) is 20.1. The van der Waals surface area contributed by atoms with Crippen LogP contribution in [0.1, 0.15) is 78.0 Å². The number of imidazole rings is 1. The first-order valence-electron chi connectivity index (χ1n) is 10.7. The molecule has 9 heteroatoms. The molecule has 0 amide bonds. The van der Waals surface area contributed by atoms with Crippen LogP contribution >= 0.6 is 23.2 Å². The van der Waals surface area contributed by atoms with E-state index in [0.29, 0.717) is 24.6 Å². The lowest BCUT2D eigenvalue weighted by Crippen LogP contribution is -2.33. The van der Waals surface area contributed by atoms with Crippen LogP contribution in [0.2, 0.25) is 10.3 Å². The topological polar surface area (TPSA) is 93.3 Å². The number of rotatable bonds is 11. The molecule has 0 radical (unpaired) electrons. The van der Waals surface area contributed by atoms with E-state index in [1.54, 1.807) is 13.8 Å². The van der Waals surface area contributed by atoms with Crippen LogP contribution in [-0.4, -0.2) is 35.1 Å². The molecule has 31 heavy (non-hydrogen) atoms. The quantitative estimate of drug-likeness (QED) is 0.330. The van der Waals surface area contributed by atoms with E-state index in [9.17, 15) is 9.59 Å². The Labute approximate surface area is 193 Å². The highest BCUT2D eigenvalue weighted by Gasteiger charge is 2.40. The highest BCUT2D eigenvalue weighted by atomic mass is 35.5. The predicted molar refractivity (Wildman–Crippen MR) is 121 cm³/mol. The summed E-state index contributed by atoms with van der Waals surface area (Å²) < 4.78 is 11.0. The first-order chi connectivity index (χ1) is 14.8. The Bertz CT molecular complexity index is 795. The molecular weight excluding hydrogens is 441 g/mol. The standard InChI is InChI=1S/C22H31Cl2N3O4/c1-5-7-9-11-30-21(28)15-13(3)25-14(4)16(22(29)31-12-10-8-6-2)17(15)20-26-18(23)19(24)27-20/h17,25H,5-12H2,1-4H3,(H,26,27). The molecule has 7 nitrogen and oxygen atoms in total. The molecule has 0 atom stereocenters. The fourth-order valence-electron chi connectivity index (χ4n) is 3.48. The van der Waals surface area contributed by atoms with Crippen LogP contribution in [-0.2, 0) is 19.1 Å². The Morgan fingerprint density at radius 1 is 0.903 bits per heavy atom. The number of hydrogen-bond acceptors (Lipinski definition) is 6. The summed E-state index contributed by atoms with van der Waals surface area (Å²) in [6.45, 7) is 8.27. The van der Waals surface area contributed by atoms with Crippen LogP contribution in [0.25, 0.3) is 0 Å². The lowest BCUT2D eigenvalue weighted by molar-refractivity contribution is -0.140. The lowest BCUT2D eigenvalue weighted by Gasteiger charge is -2.29. The monoisotopic (exact) mass is 471 g/mol. The van der Waals surface area contributed by atoms with Crippen molar-refractivity contribution in [2.45, 2.75) is 72.1 Å². The second-order valence-electron chi connectivity index (χ2n) is 7.55. The van der Waals surface area contributed by atoms with Gasteiger partial charge in [0.25, 0.3) is 0 Å². The van der Waals surface area contributed by atoms with Gasteiger partial charge in [0.2, 0.25) is 0 Å². The highest BCUT2D eigenvalue weighted by molar-refractivity contribution is 6.40. The summed E-state index contributed by atoms with van der Waals surface area (Å²) in [5.41, 5.74) is 1.72. The fraction of sp³-hybridized carbons (Fsp3) is 0.591. The van der Waals surface area contributed by atoms with Gasteiger partial charge in [0.1, 0.15) is 11.0 Å². The number of unbranched alkanes of at least 4 members (excludes halogenated alkanes) is 4. The maximum atomic E-state index is 13.0. The first-order valence-corrected chi connectivity index (χ1v) is 11.5. The molecule has 0 aliphatic carbocycles. The third-order valence-electron chi connectivity index (χ3n) is 5.07. The number of hydrogen-bond donors (Lipinski definition) is 2. The van der Waals surface area contributed by atoms with Gasteiger partial charge in [-0.25, -0.2) is 14.6 Å². The van der Waals surface area contributed by atoms with Crippen molar-refractivity contribution >= 4 is 35.1 Å². The molecule has 0 saturated carbocycles. The van der Waals surface area contributed by atoms with E-state index >= 15 is 0 Å². The van der Waals surface area contributed by atoms with Gasteiger partial charge in [0, 0.05) is 11.4 Å². The number of carbonyl (C=O) groups excluding carboxylic acids is 2. The van der Waals surface area contributed by atoms with Gasteiger partial charge < -0.3 is 19.8 Å². The number of ether oxygens (including phenoxy) is 2. The molecule has 2 heterocycles. The Balaban J connectivity index is 2.38. The van der Waals surface area contributed by atoms with Gasteiger partial charge in [0.15, 0.2) is 5.15 Å². The van der Waals surface area contributed by atoms with Crippen molar-refractivity contribution in [3.05, 3.63) is 38.7 Å². The molecule has 2 N–H and O–H groups in total. The molecule has 1 aliphatic heterocycles. The molecule has 0 bridgehead atoms. The Kier molecular flexibility index (Phi) is 9.91. The van der Waals surface area contributed by atoms with Crippen LogP contribution in [0, 0.1) is 0 Å². The summed E-state index contributed by atoms with van der Waals surface area (Å²) in [5.74, 6) is -1.57. The number of nitrogens with one attached hydrogen (secondary N) is 2. The van der Waals surface area contributed by atoms with Crippen molar-refractivity contribution in [3.63, 3.8) is 0 Å². The Morgan fingerprint density at radius 2 is 1.39 bits per heavy atom. The van der Waals surface area contributed by atoms with Gasteiger partial charge in [-0.3, -0.25) is 0 Å². The van der Waals surface area contributed by atoms with Crippen LogP contribution in [0.4, 0.5) is 0 Å². The molecule has 0 fully saturated rings. The average molecular weight is 472 g/mol. The number of aromatic amines is 1. The largest absolute Gasteiger partial charge is 0.462 e. The molecule has 0 aromatic carbocycles. The first kappa shape index (κ1) is 25.3. The zero-order chi connectivity index (χ0) is 23.0. The molecule has 1 aliphatic rings. The summed E-state index contributed by atoms with van der Waals surface area (Å²) in [6.07, 6.45) is 5.50. The number of aromatic nitrogens is 2. The summed E-state index contributed by atoms with van der Waals surface area (Å²) >= 11 is 12.1. The third kappa shape index (κ3) is 6.50. The molecule has 0 saturated heterocycles. The van der Waals surface area contributed by atoms with Crippen molar-refractivity contribution in [3.8, 4) is 0 Å². The van der Waals surface area contributed by atoms with E-state index in [0.717, 1.165) is 38.5 Å². The SMILES string of the molecule is CCCCCOC(=O)C1=C(C)NC(C)=C(C(=O)OCCCCC)C1c1nc(Cl)c(Cl)[nH]1. The van der Waals surface area contributed by atoms with Gasteiger partial charge in [-0.2, -0.15) is 0 Å². The number of nitrogens with zero attached hydrogens (tertiary/aromatic N) is 1. The van der Waals surface area contributed by atoms with Gasteiger partial charge in [-0.05, 0) is 26.7 Å². The average Bonchev–Trinajstić information content (AvgIpc) is 3.06. The van der Waals surface area contributed by atoms with E-state index in [-0.39, 0.29) is 27.3 Å². The Morgan fingerprint density at radius 3 is 1.77 bits per heavy atom. The van der Waals surface area contributed by atoms with Gasteiger partial charge in [-0.15, -0.1) is 0 Å². The van der Waals surface area contributed by atoms with Crippen LogP contribution in [0.3, 0.4) is 0 Å². The second-order valence-corrected chi connectivity index (χ2v) is 8.28. The minimum atomic E-state index is -0.830. The number of carbonyl (C=O) groups is 2. The smallest absolute Gasteiger partial charge is 0.336 e. The third-order valence-corrected chi connectivity index (χ3v) is 5.72. The number of H-pyrrole nitrogens is 1. The van der Waals surface area contributed by atoms with Crippen LogP contribution in [0.15, 0.2) is 22.5 Å². The van der Waals surface area contributed by atoms with Gasteiger partial charge in [-0.1, -0.05) is 62.7 Å². The minimum Gasteiger partial charge on any atom is -0.462 e. The number of halogens is 2. The normalized spacial score (nSPS) is 14.6. The van der Waals surface area contributed by atoms with E-state index in [4.69, 9.17) is 32.7 Å². The molecule has 172 valence electrons. The van der Waals surface area contributed by atoms with Crippen molar-refractivity contribution in [2.75, 3.05) is 13.2 Å². The van der Waals surface area contributed by atoms with Crippen molar-refractivity contribution in [2.24, 2.45) is 0 Å². The van der Waals surface area contributed by atoms with E-state index in [1.807, 2.05) is 0 Å². The molecule has 1 aromatic heterocycles. The molecule has 1 aromatic rings. The zero-order valence-electron chi connectivity index (χ0n) is 18.6. The fourth-order valence-corrected chi connectivity index (χ4v) is 3.76. The number of dihydropyridines is 1. The lowest BCUT2D eigenvalue weighted by atomic mass is 9.85. The summed E-state index contributed by atoms with van der Waals surface area (Å²) in [6, 6.07) is 0. The predicted octanol–water partition coefficient (Wildman–Crippen LogP) is 5.42. The van der Waals surface area contributed by atoms with Gasteiger partial charge >= 0.3 is 11.9 Å². The Hall–Kier alpha value is -1.99. The number of esters is 2. The summed E-state index contributed by atoms with van der Waals surface area (Å²) in [7, 11) is 0. The van der Waals surface area contributed by atoms with E-state index in [1.165, 1.54) is 0 Å². The summed E-state index contributed by atoms with van der Waals surface area (Å²) in [4.78, 5) is 33.2. The second kappa shape index (κ2) is 12.2. The van der Waals surface area contributed by atoms with E-state index in [2.05, 4.69) is 29.1 Å². The maximum absolute atomic E-state index is 13.0. The number of allylic oxidation sites excluding steroid dienone is 2. The van der Waals surface area contributed by atoms with Crippen molar-refractivity contribution in [1.29, 1.82) is 0 Å².